The summed E-state index contributed by atoms with van der Waals surface area (Å²) in [5.74, 6) is 0.835. The number of ether oxygens (including phenoxy) is 1. The van der Waals surface area contributed by atoms with Gasteiger partial charge in [-0.2, -0.15) is 4.31 Å². The molecule has 0 radical (unpaired) electrons. The van der Waals surface area contributed by atoms with Gasteiger partial charge < -0.3 is 4.74 Å². The van der Waals surface area contributed by atoms with Gasteiger partial charge in [0.15, 0.2) is 0 Å². The quantitative estimate of drug-likeness (QED) is 0.784. The van der Waals surface area contributed by atoms with E-state index < -0.39 is 10.0 Å². The molecule has 1 fully saturated rings. The van der Waals surface area contributed by atoms with Crippen LogP contribution < -0.4 is 4.74 Å². The average molecular weight is 318 g/mol. The van der Waals surface area contributed by atoms with Crippen molar-refractivity contribution in [2.45, 2.75) is 42.5 Å². The second-order valence-corrected chi connectivity index (χ2v) is 7.33. The van der Waals surface area contributed by atoms with E-state index in [-0.39, 0.29) is 16.8 Å². The maximum Gasteiger partial charge on any atom is 0.243 e. The van der Waals surface area contributed by atoms with Gasteiger partial charge in [0.05, 0.1) is 17.9 Å². The molecule has 4 nitrogen and oxygen atoms in total. The molecule has 0 atom stereocenters. The third kappa shape index (κ3) is 2.95. The lowest BCUT2D eigenvalue weighted by Crippen LogP contribution is -2.35. The maximum atomic E-state index is 12.6. The van der Waals surface area contributed by atoms with E-state index in [2.05, 4.69) is 0 Å². The highest BCUT2D eigenvalue weighted by Crippen LogP contribution is 2.29. The summed E-state index contributed by atoms with van der Waals surface area (Å²) in [6.45, 7) is 0. The maximum absolute atomic E-state index is 12.6. The van der Waals surface area contributed by atoms with Gasteiger partial charge >= 0.3 is 0 Å². The van der Waals surface area contributed by atoms with E-state index >= 15 is 0 Å². The molecule has 0 aliphatic heterocycles. The number of methoxy groups -OCH3 is 1. The smallest absolute Gasteiger partial charge is 0.243 e. The molecule has 1 saturated carbocycles. The Kier molecular flexibility index (Phi) is 4.94. The Labute approximate surface area is 125 Å². The molecule has 2 rings (SSSR count). The molecule has 0 saturated heterocycles. The standard InChI is InChI=1S/C14H20ClNO3S/c1-16(12-5-3-4-6-12)20(17,18)13-7-8-14(19-2)11(9-13)10-15/h7-9,12H,3-6,10H2,1-2H3. The molecule has 1 aliphatic rings. The summed E-state index contributed by atoms with van der Waals surface area (Å²) in [6.07, 6.45) is 4.07. The summed E-state index contributed by atoms with van der Waals surface area (Å²) in [6, 6.07) is 4.96. The fourth-order valence-corrected chi connectivity index (χ4v) is 4.33. The van der Waals surface area contributed by atoms with Crippen molar-refractivity contribution in [3.05, 3.63) is 23.8 Å². The van der Waals surface area contributed by atoms with Crippen molar-refractivity contribution in [2.75, 3.05) is 14.2 Å². The Balaban J connectivity index is 2.33. The number of rotatable bonds is 5. The van der Waals surface area contributed by atoms with Crippen LogP contribution in [0.1, 0.15) is 31.2 Å². The van der Waals surface area contributed by atoms with Gasteiger partial charge in [-0.25, -0.2) is 8.42 Å². The Hall–Kier alpha value is -0.780. The van der Waals surface area contributed by atoms with Gasteiger partial charge in [-0.15, -0.1) is 11.6 Å². The van der Waals surface area contributed by atoms with E-state index in [1.807, 2.05) is 0 Å². The summed E-state index contributed by atoms with van der Waals surface area (Å²) in [5, 5.41) is 0. The topological polar surface area (TPSA) is 46.6 Å². The van der Waals surface area contributed by atoms with Crippen molar-refractivity contribution < 1.29 is 13.2 Å². The average Bonchev–Trinajstić information content (AvgIpc) is 2.99. The Morgan fingerprint density at radius 2 is 2.00 bits per heavy atom. The Morgan fingerprint density at radius 1 is 1.35 bits per heavy atom. The van der Waals surface area contributed by atoms with Crippen molar-refractivity contribution >= 4 is 21.6 Å². The van der Waals surface area contributed by atoms with Crippen molar-refractivity contribution in [3.63, 3.8) is 0 Å². The molecule has 0 heterocycles. The molecule has 0 aromatic heterocycles. The van der Waals surface area contributed by atoms with Gasteiger partial charge in [0.1, 0.15) is 5.75 Å². The van der Waals surface area contributed by atoms with Gasteiger partial charge in [-0.3, -0.25) is 0 Å². The first-order valence-corrected chi connectivity index (χ1v) is 8.69. The van der Waals surface area contributed by atoms with E-state index in [0.29, 0.717) is 11.3 Å². The number of hydrogen-bond acceptors (Lipinski definition) is 3. The zero-order chi connectivity index (χ0) is 14.8. The van der Waals surface area contributed by atoms with Gasteiger partial charge in [-0.1, -0.05) is 12.8 Å². The van der Waals surface area contributed by atoms with Gasteiger partial charge in [0.2, 0.25) is 10.0 Å². The van der Waals surface area contributed by atoms with Crippen molar-refractivity contribution in [1.29, 1.82) is 0 Å². The molecule has 1 aliphatic carbocycles. The third-order valence-corrected chi connectivity index (χ3v) is 6.11. The van der Waals surface area contributed by atoms with Crippen LogP contribution in [0.5, 0.6) is 5.75 Å². The fraction of sp³-hybridized carbons (Fsp3) is 0.571. The van der Waals surface area contributed by atoms with Gasteiger partial charge in [-0.05, 0) is 31.0 Å². The van der Waals surface area contributed by atoms with Crippen LogP contribution in [-0.2, 0) is 15.9 Å². The van der Waals surface area contributed by atoms with E-state index in [1.165, 1.54) is 4.31 Å². The monoisotopic (exact) mass is 317 g/mol. The van der Waals surface area contributed by atoms with E-state index in [4.69, 9.17) is 16.3 Å². The van der Waals surface area contributed by atoms with Crippen LogP contribution >= 0.6 is 11.6 Å². The van der Waals surface area contributed by atoms with E-state index in [9.17, 15) is 8.42 Å². The van der Waals surface area contributed by atoms with Crippen LogP contribution in [-0.4, -0.2) is 32.9 Å². The van der Waals surface area contributed by atoms with Crippen LogP contribution in [0.4, 0.5) is 0 Å². The Morgan fingerprint density at radius 3 is 2.55 bits per heavy atom. The number of halogens is 1. The minimum atomic E-state index is -3.46. The van der Waals surface area contributed by atoms with Crippen LogP contribution in [0.15, 0.2) is 23.1 Å². The second kappa shape index (κ2) is 6.33. The number of benzene rings is 1. The molecule has 1 aromatic rings. The van der Waals surface area contributed by atoms with Gasteiger partial charge in [0.25, 0.3) is 0 Å². The highest BCUT2D eigenvalue weighted by molar-refractivity contribution is 7.89. The summed E-state index contributed by atoms with van der Waals surface area (Å²) in [4.78, 5) is 0.281. The van der Waals surface area contributed by atoms with Crippen molar-refractivity contribution in [1.82, 2.24) is 4.31 Å². The largest absolute Gasteiger partial charge is 0.496 e. The van der Waals surface area contributed by atoms with Crippen LogP contribution in [0.2, 0.25) is 0 Å². The molecule has 0 N–H and O–H groups in total. The Bertz CT molecular complexity index is 568. The molecule has 0 unspecified atom stereocenters. The lowest BCUT2D eigenvalue weighted by molar-refractivity contribution is 0.372. The fourth-order valence-electron chi connectivity index (χ4n) is 2.65. The highest BCUT2D eigenvalue weighted by Gasteiger charge is 2.30. The predicted molar refractivity (Wildman–Crippen MR) is 79.8 cm³/mol. The molecule has 6 heteroatoms. The molecule has 1 aromatic carbocycles. The summed E-state index contributed by atoms with van der Waals surface area (Å²) < 4.78 is 31.9. The third-order valence-electron chi connectivity index (χ3n) is 3.91. The van der Waals surface area contributed by atoms with Crippen molar-refractivity contribution in [2.24, 2.45) is 0 Å². The molecular formula is C14H20ClNO3S. The van der Waals surface area contributed by atoms with Crippen LogP contribution in [0, 0.1) is 0 Å². The zero-order valence-electron chi connectivity index (χ0n) is 11.8. The lowest BCUT2D eigenvalue weighted by Gasteiger charge is -2.24. The second-order valence-electron chi connectivity index (χ2n) is 5.07. The van der Waals surface area contributed by atoms with Gasteiger partial charge in [0, 0.05) is 18.7 Å². The van der Waals surface area contributed by atoms with E-state index in [1.54, 1.807) is 32.4 Å². The summed E-state index contributed by atoms with van der Waals surface area (Å²) >= 11 is 5.85. The normalized spacial score (nSPS) is 16.8. The molecule has 0 bridgehead atoms. The first-order valence-electron chi connectivity index (χ1n) is 6.71. The van der Waals surface area contributed by atoms with Crippen molar-refractivity contribution in [3.8, 4) is 5.75 Å². The molecule has 0 amide bonds. The predicted octanol–water partition coefficient (Wildman–Crippen LogP) is 3.00. The zero-order valence-corrected chi connectivity index (χ0v) is 13.4. The molecule has 112 valence electrons. The lowest BCUT2D eigenvalue weighted by atomic mass is 10.2. The first kappa shape index (κ1) is 15.6. The number of hydrogen-bond donors (Lipinski definition) is 0. The number of nitrogens with zero attached hydrogens (tertiary/aromatic N) is 1. The van der Waals surface area contributed by atoms with E-state index in [0.717, 1.165) is 25.7 Å². The number of sulfonamides is 1. The summed E-state index contributed by atoms with van der Waals surface area (Å²) in [7, 11) is -0.252. The SMILES string of the molecule is COc1ccc(S(=O)(=O)N(C)C2CCCC2)cc1CCl. The summed E-state index contributed by atoms with van der Waals surface area (Å²) in [5.41, 5.74) is 0.690. The first-order chi connectivity index (χ1) is 9.50. The van der Waals surface area contributed by atoms with Crippen LogP contribution in [0.3, 0.4) is 0 Å². The molecule has 0 spiro atoms. The molecular weight excluding hydrogens is 298 g/mol. The highest BCUT2D eigenvalue weighted by atomic mass is 35.5. The van der Waals surface area contributed by atoms with Crippen LogP contribution in [0.25, 0.3) is 0 Å². The minimum Gasteiger partial charge on any atom is -0.496 e. The number of alkyl halides is 1. The minimum absolute atomic E-state index is 0.113. The molecule has 20 heavy (non-hydrogen) atoms.